The van der Waals surface area contributed by atoms with Gasteiger partial charge in [-0.05, 0) is 12.1 Å². The van der Waals surface area contributed by atoms with Crippen molar-refractivity contribution < 1.29 is 25.6 Å². The van der Waals surface area contributed by atoms with Crippen molar-refractivity contribution >= 4 is 23.6 Å². The van der Waals surface area contributed by atoms with Crippen LogP contribution in [-0.2, 0) is 18.2 Å². The van der Waals surface area contributed by atoms with Gasteiger partial charge in [-0.15, -0.1) is 8.78 Å². The summed E-state index contributed by atoms with van der Waals surface area (Å²) in [6.07, 6.45) is 0. The Balaban J connectivity index is 3.64. The second kappa shape index (κ2) is 3.95. The van der Waals surface area contributed by atoms with E-state index in [4.69, 9.17) is 0 Å². The molecule has 1 unspecified atom stereocenters. The molecule has 0 aliphatic heterocycles. The summed E-state index contributed by atoms with van der Waals surface area (Å²) in [5.74, 6) is 0. The lowest BCUT2D eigenvalue weighted by Crippen LogP contribution is -2.22. The average Bonchev–Trinajstić information content (AvgIpc) is 2.16. The predicted octanol–water partition coefficient (Wildman–Crippen LogP) is 1.57. The van der Waals surface area contributed by atoms with Gasteiger partial charge in [0.25, 0.3) is 18.2 Å². The third-order valence-corrected chi connectivity index (χ3v) is 6.01. The van der Waals surface area contributed by atoms with Gasteiger partial charge in [0.1, 0.15) is 0 Å². The molecule has 0 spiro atoms. The highest BCUT2D eigenvalue weighted by Crippen LogP contribution is 2.29. The Hall–Kier alpha value is -0.860. The van der Waals surface area contributed by atoms with E-state index >= 15 is 0 Å². The van der Waals surface area contributed by atoms with Crippen molar-refractivity contribution in [1.29, 1.82) is 0 Å². The Kier molecular flexibility index (Phi) is 3.22. The molecule has 1 atom stereocenters. The van der Waals surface area contributed by atoms with Crippen LogP contribution in [0.4, 0.5) is 12.7 Å². The van der Waals surface area contributed by atoms with Gasteiger partial charge < -0.3 is 4.55 Å². The molecule has 0 aromatic heterocycles. The minimum absolute atomic E-state index is 0.819. The van der Waals surface area contributed by atoms with E-state index in [9.17, 15) is 25.6 Å². The first-order valence-electron chi connectivity index (χ1n) is 3.52. The summed E-state index contributed by atoms with van der Waals surface area (Å²) in [6.45, 7) is 0. The molecule has 0 heterocycles. The summed E-state index contributed by atoms with van der Waals surface area (Å²) in [6, 6.07) is 5.40. The predicted molar refractivity (Wildman–Crippen MR) is 50.1 cm³/mol. The highest BCUT2D eigenvalue weighted by Gasteiger charge is 2.43. The maximum absolute atomic E-state index is 13.5. The van der Waals surface area contributed by atoms with Gasteiger partial charge in [-0.2, -0.15) is 8.42 Å². The monoisotopic (exact) mass is 258 g/mol. The summed E-state index contributed by atoms with van der Waals surface area (Å²) in [5.41, 5.74) is 0. The second-order valence-electron chi connectivity index (χ2n) is 2.43. The van der Waals surface area contributed by atoms with Gasteiger partial charge in [0, 0.05) is 3.89 Å². The Labute approximate surface area is 84.9 Å². The van der Waals surface area contributed by atoms with Crippen LogP contribution in [0.3, 0.4) is 0 Å². The van der Waals surface area contributed by atoms with E-state index in [0.29, 0.717) is 0 Å². The van der Waals surface area contributed by atoms with Crippen LogP contribution in [0, 0.1) is 0 Å². The van der Waals surface area contributed by atoms with Gasteiger partial charge in [-0.25, -0.2) is 0 Å². The van der Waals surface area contributed by atoms with Crippen LogP contribution in [-0.4, -0.2) is 18.3 Å². The number of hydrogen-bond donors (Lipinski definition) is 0. The Morgan fingerprint density at radius 1 is 1.20 bits per heavy atom. The molecule has 0 saturated heterocycles. The maximum atomic E-state index is 13.5. The van der Waals surface area contributed by atoms with Gasteiger partial charge in [-0.1, -0.05) is 18.2 Å². The molecule has 0 aliphatic carbocycles. The van der Waals surface area contributed by atoms with E-state index in [1.54, 1.807) is 0 Å². The average molecular weight is 258 g/mol. The minimum atomic E-state index is -5.74. The van der Waals surface area contributed by atoms with Crippen molar-refractivity contribution in [2.24, 2.45) is 0 Å². The molecule has 0 aliphatic rings. The molecule has 84 valence electrons. The van der Waals surface area contributed by atoms with Crippen LogP contribution in [0.5, 0.6) is 0 Å². The van der Waals surface area contributed by atoms with E-state index in [1.807, 2.05) is 0 Å². The second-order valence-corrected chi connectivity index (χ2v) is 7.60. The third kappa shape index (κ3) is 2.06. The van der Waals surface area contributed by atoms with Crippen molar-refractivity contribution in [3.05, 3.63) is 30.3 Å². The van der Waals surface area contributed by atoms with Gasteiger partial charge in [0.2, 0.25) is 0 Å². The molecular formula is C7H5F3O3S2. The molecule has 1 rings (SSSR count). The Bertz CT molecular complexity index is 506. The van der Waals surface area contributed by atoms with E-state index in [2.05, 4.69) is 0 Å². The highest BCUT2D eigenvalue weighted by molar-refractivity contribution is 8.72. The summed E-state index contributed by atoms with van der Waals surface area (Å²) < 4.78 is 69.6. The summed E-state index contributed by atoms with van der Waals surface area (Å²) in [4.78, 5) is -0.819. The summed E-state index contributed by atoms with van der Waals surface area (Å²) in [7, 11) is -11.0. The molecule has 0 saturated carbocycles. The number of hydrogen-bond acceptors (Lipinski definition) is 3. The molecule has 1 aromatic rings. The molecule has 0 bridgehead atoms. The van der Waals surface area contributed by atoms with Crippen molar-refractivity contribution in [2.75, 3.05) is 0 Å². The van der Waals surface area contributed by atoms with Crippen molar-refractivity contribution in [2.45, 2.75) is 4.90 Å². The first kappa shape index (κ1) is 12.2. The minimum Gasteiger partial charge on any atom is -0.707 e. The van der Waals surface area contributed by atoms with Gasteiger partial charge in [-0.3, -0.25) is 0 Å². The highest BCUT2D eigenvalue weighted by atomic mass is 33.2. The first-order valence-corrected chi connectivity index (χ1v) is 6.98. The van der Waals surface area contributed by atoms with Gasteiger partial charge >= 0.3 is 5.37 Å². The lowest BCUT2D eigenvalue weighted by atomic mass is 10.4. The smallest absolute Gasteiger partial charge is 0.479 e. The van der Waals surface area contributed by atoms with Crippen LogP contribution >= 0.6 is 0 Å². The number of benzene rings is 1. The van der Waals surface area contributed by atoms with Gasteiger partial charge in [0.05, 0.1) is 0 Å². The zero-order valence-electron chi connectivity index (χ0n) is 7.06. The Morgan fingerprint density at radius 2 is 1.67 bits per heavy atom. The fourth-order valence-corrected chi connectivity index (χ4v) is 3.46. The van der Waals surface area contributed by atoms with E-state index in [0.717, 1.165) is 12.1 Å². The van der Waals surface area contributed by atoms with Crippen molar-refractivity contribution in [3.8, 4) is 0 Å². The van der Waals surface area contributed by atoms with Crippen LogP contribution in [0.15, 0.2) is 35.2 Å². The largest absolute Gasteiger partial charge is 0.707 e. The van der Waals surface area contributed by atoms with Crippen LogP contribution in [0.1, 0.15) is 0 Å². The zero-order valence-corrected chi connectivity index (χ0v) is 8.69. The van der Waals surface area contributed by atoms with Crippen LogP contribution < -0.4 is 0 Å². The summed E-state index contributed by atoms with van der Waals surface area (Å²) >= 11 is 0. The molecule has 0 fully saturated rings. The molecule has 1 aromatic carbocycles. The maximum Gasteiger partial charge on any atom is 0.479 e. The first-order chi connectivity index (χ1) is 6.80. The molecule has 0 radical (unpaired) electrons. The summed E-state index contributed by atoms with van der Waals surface area (Å²) in [5, 5.41) is -3.01. The fraction of sp³-hybridized carbons (Fsp3) is 0. The SMILES string of the molecule is O=S(=O)([O-])[S+](F)(=C(F)F)c1ccccc1. The van der Waals surface area contributed by atoms with Gasteiger partial charge in [0.15, 0.2) is 4.90 Å². The topological polar surface area (TPSA) is 57.2 Å². The van der Waals surface area contributed by atoms with Crippen molar-refractivity contribution in [1.82, 2.24) is 0 Å². The quantitative estimate of drug-likeness (QED) is 0.266. The molecular weight excluding hydrogens is 253 g/mol. The molecule has 0 amide bonds. The van der Waals surface area contributed by atoms with E-state index < -0.39 is 28.5 Å². The van der Waals surface area contributed by atoms with E-state index in [-0.39, 0.29) is 0 Å². The lowest BCUT2D eigenvalue weighted by molar-refractivity contribution is 0.479. The lowest BCUT2D eigenvalue weighted by Gasteiger charge is -2.10. The standard InChI is InChI=1S/C7H5F3O3S2/c8-7(9)14(10,15(11,12)13)6-4-2-1-3-5-6/h1-5H. The zero-order chi connectivity index (χ0) is 11.7. The molecule has 0 N–H and O–H groups in total. The van der Waals surface area contributed by atoms with E-state index in [1.165, 1.54) is 18.2 Å². The van der Waals surface area contributed by atoms with Crippen LogP contribution in [0.2, 0.25) is 0 Å². The van der Waals surface area contributed by atoms with Crippen molar-refractivity contribution in [3.63, 3.8) is 0 Å². The fourth-order valence-electron chi connectivity index (χ4n) is 0.880. The molecule has 8 heteroatoms. The van der Waals surface area contributed by atoms with Crippen LogP contribution in [0.25, 0.3) is 0 Å². The number of rotatable bonds is 2. The molecule has 15 heavy (non-hydrogen) atoms. The number of halogens is 3. The Morgan fingerprint density at radius 3 is 2.00 bits per heavy atom. The molecule has 3 nitrogen and oxygen atoms in total. The third-order valence-electron chi connectivity index (χ3n) is 1.53. The normalized spacial score (nSPS) is 15.7.